The van der Waals surface area contributed by atoms with Gasteiger partial charge >= 0.3 is 90.2 Å². The normalized spacial score (nSPS) is 47.5. The van der Waals surface area contributed by atoms with Crippen molar-refractivity contribution in [3.63, 3.8) is 0 Å². The zero-order valence-electron chi connectivity index (χ0n) is 9.57. The average Bonchev–Trinajstić information content (AvgIpc) is 2.72. The van der Waals surface area contributed by atoms with E-state index in [1.54, 1.807) is 21.3 Å². The number of hydrogen-bond acceptors (Lipinski definition) is 4. The molecule has 1 aliphatic heterocycles. The predicted molar refractivity (Wildman–Crippen MR) is 56.2 cm³/mol. The summed E-state index contributed by atoms with van der Waals surface area (Å²) >= 11 is 0. The second-order valence-electron chi connectivity index (χ2n) is 3.98. The molecule has 2 aliphatic rings. The second-order valence-corrected chi connectivity index (χ2v) is 3.98. The molecule has 2 fully saturated rings. The molecule has 5 heteroatoms. The fraction of sp³-hybridized carbons (Fsp3) is 0.900. The van der Waals surface area contributed by atoms with Crippen LogP contribution in [0.25, 0.3) is 0 Å². The molecular formula is C10H16BO4. The summed E-state index contributed by atoms with van der Waals surface area (Å²) in [5, 5.41) is 0. The Morgan fingerprint density at radius 2 is 2.00 bits per heavy atom. The van der Waals surface area contributed by atoms with Gasteiger partial charge in [-0.3, -0.25) is 0 Å². The zero-order chi connectivity index (χ0) is 11.3. The molecular weight excluding hydrogens is 195 g/mol. The third-order valence-corrected chi connectivity index (χ3v) is 3.67. The van der Waals surface area contributed by atoms with Gasteiger partial charge in [0.2, 0.25) is 0 Å². The Balaban J connectivity index is 2.37. The fourth-order valence-corrected chi connectivity index (χ4v) is 3.01. The number of rotatable bonds is 4. The summed E-state index contributed by atoms with van der Waals surface area (Å²) < 4.78 is 22.0. The van der Waals surface area contributed by atoms with Crippen LogP contribution in [0.3, 0.4) is 0 Å². The molecule has 1 radical (unpaired) electrons. The van der Waals surface area contributed by atoms with Crippen LogP contribution in [-0.2, 0) is 18.9 Å². The predicted octanol–water partition coefficient (Wildman–Crippen LogP) is -0.107. The van der Waals surface area contributed by atoms with Crippen molar-refractivity contribution in [2.24, 2.45) is 0 Å². The zero-order valence-corrected chi connectivity index (χ0v) is 9.57. The summed E-state index contributed by atoms with van der Waals surface area (Å²) in [5.74, 6) is 0. The van der Waals surface area contributed by atoms with Crippen LogP contribution < -0.4 is 0 Å². The van der Waals surface area contributed by atoms with E-state index in [-0.39, 0.29) is 12.2 Å². The molecule has 2 rings (SSSR count). The average molecular weight is 211 g/mol. The first kappa shape index (κ1) is 11.1. The third-order valence-electron chi connectivity index (χ3n) is 3.67. The van der Waals surface area contributed by atoms with E-state index in [1.807, 2.05) is 6.92 Å². The molecule has 0 amide bonds. The molecule has 1 saturated carbocycles. The molecule has 4 nitrogen and oxygen atoms in total. The maximum atomic E-state index is 5.78. The summed E-state index contributed by atoms with van der Waals surface area (Å²) in [5.41, 5.74) is -0.661. The molecule has 1 unspecified atom stereocenters. The van der Waals surface area contributed by atoms with Gasteiger partial charge in [-0.2, -0.15) is 0 Å². The van der Waals surface area contributed by atoms with Gasteiger partial charge in [-0.25, -0.2) is 0 Å². The number of ether oxygens (including phenoxy) is 4. The van der Waals surface area contributed by atoms with Crippen molar-refractivity contribution in [1.82, 2.24) is 0 Å². The minimum absolute atomic E-state index is 0.114. The van der Waals surface area contributed by atoms with E-state index >= 15 is 0 Å². The Morgan fingerprint density at radius 1 is 1.33 bits per heavy atom. The molecule has 1 saturated heterocycles. The van der Waals surface area contributed by atoms with Gasteiger partial charge in [-0.1, -0.05) is 0 Å². The Bertz CT molecular complexity index is 295. The van der Waals surface area contributed by atoms with Gasteiger partial charge in [0.25, 0.3) is 0 Å². The molecule has 0 N–H and O–H groups in total. The van der Waals surface area contributed by atoms with Gasteiger partial charge < -0.3 is 0 Å². The fourth-order valence-electron chi connectivity index (χ4n) is 3.01. The summed E-state index contributed by atoms with van der Waals surface area (Å²) in [6, 6.07) is 0. The minimum atomic E-state index is -0.574. The van der Waals surface area contributed by atoms with Crippen LogP contribution in [0.4, 0.5) is 0 Å². The van der Waals surface area contributed by atoms with E-state index in [4.69, 9.17) is 26.4 Å². The molecule has 0 aromatic rings. The van der Waals surface area contributed by atoms with Crippen LogP contribution in [0.1, 0.15) is 13.3 Å². The van der Waals surface area contributed by atoms with Crippen molar-refractivity contribution in [2.45, 2.75) is 36.8 Å². The van der Waals surface area contributed by atoms with E-state index in [9.17, 15) is 0 Å². The van der Waals surface area contributed by atoms with Gasteiger partial charge in [0.15, 0.2) is 0 Å². The quantitative estimate of drug-likeness (QED) is 0.608. The molecule has 1 aliphatic carbocycles. The topological polar surface area (TPSA) is 36.9 Å². The summed E-state index contributed by atoms with van der Waals surface area (Å²) in [7, 11) is 10.7. The third kappa shape index (κ3) is 0.966. The van der Waals surface area contributed by atoms with Crippen molar-refractivity contribution < 1.29 is 18.9 Å². The van der Waals surface area contributed by atoms with E-state index in [0.717, 1.165) is 6.42 Å². The van der Waals surface area contributed by atoms with Gasteiger partial charge in [-0.15, -0.1) is 0 Å². The van der Waals surface area contributed by atoms with E-state index in [0.29, 0.717) is 5.65 Å². The van der Waals surface area contributed by atoms with Crippen LogP contribution in [0.5, 0.6) is 0 Å². The van der Waals surface area contributed by atoms with Crippen LogP contribution in [-0.4, -0.2) is 57.9 Å². The maximum absolute atomic E-state index is 5.78. The van der Waals surface area contributed by atoms with Crippen LogP contribution >= 0.6 is 0 Å². The Hall–Kier alpha value is -0.385. The monoisotopic (exact) mass is 211 g/mol. The number of hydrogen-bond donors (Lipinski definition) is 0. The SMILES string of the molecule is [B]=C1O[C@]2(CC)C(OC)[C@]2(OC)[C@H]1OC. The molecule has 0 aromatic heterocycles. The van der Waals surface area contributed by atoms with Gasteiger partial charge in [0.1, 0.15) is 0 Å². The van der Waals surface area contributed by atoms with E-state index in [2.05, 4.69) is 0 Å². The molecule has 4 atom stereocenters. The van der Waals surface area contributed by atoms with Crippen LogP contribution in [0.2, 0.25) is 0 Å². The summed E-state index contributed by atoms with van der Waals surface area (Å²) in [4.78, 5) is 0. The second kappa shape index (κ2) is 3.30. The van der Waals surface area contributed by atoms with Gasteiger partial charge in [-0.05, 0) is 0 Å². The molecule has 83 valence electrons. The first-order valence-electron chi connectivity index (χ1n) is 5.06. The van der Waals surface area contributed by atoms with Crippen molar-refractivity contribution in [1.29, 1.82) is 0 Å². The van der Waals surface area contributed by atoms with Gasteiger partial charge in [0.05, 0.1) is 0 Å². The Kier molecular flexibility index (Phi) is 2.45. The van der Waals surface area contributed by atoms with Crippen molar-refractivity contribution >= 4 is 13.1 Å². The molecule has 15 heavy (non-hydrogen) atoms. The first-order valence-corrected chi connectivity index (χ1v) is 5.06. The van der Waals surface area contributed by atoms with Crippen LogP contribution in [0.15, 0.2) is 0 Å². The molecule has 0 aromatic carbocycles. The van der Waals surface area contributed by atoms with Crippen molar-refractivity contribution in [3.8, 4) is 0 Å². The van der Waals surface area contributed by atoms with Gasteiger partial charge in [0, 0.05) is 0 Å². The summed E-state index contributed by atoms with van der Waals surface area (Å²) in [6.07, 6.45) is 0.310. The van der Waals surface area contributed by atoms with Crippen molar-refractivity contribution in [3.05, 3.63) is 0 Å². The molecule has 0 spiro atoms. The Morgan fingerprint density at radius 3 is 2.40 bits per heavy atom. The van der Waals surface area contributed by atoms with Crippen LogP contribution in [0, 0.1) is 0 Å². The number of methoxy groups -OCH3 is 3. The van der Waals surface area contributed by atoms with E-state index in [1.165, 1.54) is 0 Å². The first-order chi connectivity index (χ1) is 7.14. The number of fused-ring (bicyclic) bond motifs is 1. The van der Waals surface area contributed by atoms with Crippen molar-refractivity contribution in [2.75, 3.05) is 21.3 Å². The standard InChI is InChI=1S/C10H16BO4/c1-5-9-8(13-3)10(9,14-4)6(12-2)7(11)15-9/h6,8H,5H2,1-4H3/t6-,8?,9+,10+/m0/s1. The Labute approximate surface area is 90.9 Å². The molecule has 0 bridgehead atoms. The molecule has 1 heterocycles. The summed E-state index contributed by atoms with van der Waals surface area (Å²) in [6.45, 7) is 2.03. The van der Waals surface area contributed by atoms with E-state index < -0.39 is 11.2 Å².